The van der Waals surface area contributed by atoms with E-state index in [-0.39, 0.29) is 6.10 Å². The van der Waals surface area contributed by atoms with Gasteiger partial charge in [-0.05, 0) is 56.7 Å². The second-order valence-corrected chi connectivity index (χ2v) is 5.88. The minimum absolute atomic E-state index is 0.00614. The quantitative estimate of drug-likeness (QED) is 0.590. The largest absolute Gasteiger partial charge is 0.490 e. The monoisotopic (exact) mass is 348 g/mol. The van der Waals surface area contributed by atoms with Gasteiger partial charge in [0.25, 0.3) is 0 Å². The molecule has 0 unspecified atom stereocenters. The van der Waals surface area contributed by atoms with Crippen LogP contribution in [0.25, 0.3) is 0 Å². The number of hydrogen-bond donors (Lipinski definition) is 0. The molecule has 0 N–H and O–H groups in total. The van der Waals surface area contributed by atoms with Gasteiger partial charge in [0.2, 0.25) is 0 Å². The summed E-state index contributed by atoms with van der Waals surface area (Å²) < 4.78 is 12.1. The number of carbonyl (C=O) groups is 1. The number of benzene rings is 2. The first kappa shape index (κ1) is 15.6. The molecule has 0 aliphatic heterocycles. The standard InChI is InChI=1S/C17H17BrO3/c1-11(2)20-16-7-5-4-6-14(16)17(19)21-15-9-8-13(18)10-12(15)3/h4-11H,1-3H3. The molecule has 0 aliphatic rings. The Kier molecular flexibility index (Phi) is 5.02. The second kappa shape index (κ2) is 6.76. The van der Waals surface area contributed by atoms with Crippen LogP contribution in [0.1, 0.15) is 29.8 Å². The average molecular weight is 349 g/mol. The van der Waals surface area contributed by atoms with Crippen LogP contribution in [0.4, 0.5) is 0 Å². The maximum absolute atomic E-state index is 12.3. The van der Waals surface area contributed by atoms with Crippen molar-refractivity contribution in [2.45, 2.75) is 26.9 Å². The molecule has 4 heteroatoms. The highest BCUT2D eigenvalue weighted by Gasteiger charge is 2.16. The number of para-hydroxylation sites is 1. The van der Waals surface area contributed by atoms with E-state index in [0.29, 0.717) is 17.1 Å². The number of esters is 1. The first-order chi connectivity index (χ1) is 9.97. The Morgan fingerprint density at radius 3 is 2.48 bits per heavy atom. The van der Waals surface area contributed by atoms with Gasteiger partial charge in [0.1, 0.15) is 17.1 Å². The molecule has 0 atom stereocenters. The first-order valence-corrected chi connectivity index (χ1v) is 7.50. The third-order valence-electron chi connectivity index (χ3n) is 2.81. The van der Waals surface area contributed by atoms with E-state index in [0.717, 1.165) is 10.0 Å². The topological polar surface area (TPSA) is 35.5 Å². The Morgan fingerprint density at radius 1 is 1.10 bits per heavy atom. The number of carbonyl (C=O) groups excluding carboxylic acids is 1. The average Bonchev–Trinajstić information content (AvgIpc) is 2.42. The lowest BCUT2D eigenvalue weighted by atomic mass is 10.2. The summed E-state index contributed by atoms with van der Waals surface area (Å²) in [6, 6.07) is 12.6. The zero-order valence-electron chi connectivity index (χ0n) is 12.2. The van der Waals surface area contributed by atoms with Crippen molar-refractivity contribution in [2.75, 3.05) is 0 Å². The Hall–Kier alpha value is -1.81. The van der Waals surface area contributed by atoms with Crippen molar-refractivity contribution < 1.29 is 14.3 Å². The normalized spacial score (nSPS) is 10.5. The molecule has 21 heavy (non-hydrogen) atoms. The molecule has 2 aromatic carbocycles. The number of aryl methyl sites for hydroxylation is 1. The number of rotatable bonds is 4. The maximum Gasteiger partial charge on any atom is 0.347 e. The molecule has 0 amide bonds. The van der Waals surface area contributed by atoms with Crippen molar-refractivity contribution in [3.63, 3.8) is 0 Å². The molecule has 0 heterocycles. The molecule has 0 aliphatic carbocycles. The summed E-state index contributed by atoms with van der Waals surface area (Å²) >= 11 is 3.39. The first-order valence-electron chi connectivity index (χ1n) is 6.71. The lowest BCUT2D eigenvalue weighted by molar-refractivity contribution is 0.0727. The van der Waals surface area contributed by atoms with Crippen LogP contribution in [0, 0.1) is 6.92 Å². The van der Waals surface area contributed by atoms with E-state index in [4.69, 9.17) is 9.47 Å². The molecule has 0 aromatic heterocycles. The van der Waals surface area contributed by atoms with Crippen molar-refractivity contribution in [3.05, 3.63) is 58.1 Å². The van der Waals surface area contributed by atoms with Crippen molar-refractivity contribution >= 4 is 21.9 Å². The Bertz CT molecular complexity index is 650. The molecular weight excluding hydrogens is 332 g/mol. The van der Waals surface area contributed by atoms with Gasteiger partial charge in [-0.25, -0.2) is 4.79 Å². The fourth-order valence-electron chi connectivity index (χ4n) is 1.87. The summed E-state index contributed by atoms with van der Waals surface area (Å²) in [5.41, 5.74) is 1.31. The predicted molar refractivity (Wildman–Crippen MR) is 86.0 cm³/mol. The highest BCUT2D eigenvalue weighted by molar-refractivity contribution is 9.10. The molecule has 0 spiro atoms. The SMILES string of the molecule is Cc1cc(Br)ccc1OC(=O)c1ccccc1OC(C)C. The molecule has 0 radical (unpaired) electrons. The third kappa shape index (κ3) is 4.08. The minimum atomic E-state index is -0.420. The number of halogens is 1. The molecule has 0 saturated heterocycles. The Morgan fingerprint density at radius 2 is 1.81 bits per heavy atom. The van der Waals surface area contributed by atoms with Crippen LogP contribution in [0.5, 0.6) is 11.5 Å². The summed E-state index contributed by atoms with van der Waals surface area (Å²) in [4.78, 5) is 12.3. The highest BCUT2D eigenvalue weighted by Crippen LogP contribution is 2.25. The zero-order chi connectivity index (χ0) is 15.4. The molecule has 0 saturated carbocycles. The van der Waals surface area contributed by atoms with E-state index < -0.39 is 5.97 Å². The third-order valence-corrected chi connectivity index (χ3v) is 3.30. The Balaban J connectivity index is 2.24. The minimum Gasteiger partial charge on any atom is -0.490 e. The molecule has 3 nitrogen and oxygen atoms in total. The highest BCUT2D eigenvalue weighted by atomic mass is 79.9. The molecule has 110 valence electrons. The lowest BCUT2D eigenvalue weighted by Gasteiger charge is -2.14. The van der Waals surface area contributed by atoms with Gasteiger partial charge in [0, 0.05) is 4.47 Å². The molecule has 0 bridgehead atoms. The summed E-state index contributed by atoms with van der Waals surface area (Å²) in [6.07, 6.45) is -0.00614. The van der Waals surface area contributed by atoms with E-state index in [2.05, 4.69) is 15.9 Å². The van der Waals surface area contributed by atoms with Gasteiger partial charge in [-0.15, -0.1) is 0 Å². The van der Waals surface area contributed by atoms with Gasteiger partial charge in [0.15, 0.2) is 0 Å². The molecule has 0 fully saturated rings. The van der Waals surface area contributed by atoms with Gasteiger partial charge in [-0.2, -0.15) is 0 Å². The number of hydrogen-bond acceptors (Lipinski definition) is 3. The van der Waals surface area contributed by atoms with Crippen molar-refractivity contribution in [2.24, 2.45) is 0 Å². The summed E-state index contributed by atoms with van der Waals surface area (Å²) in [5, 5.41) is 0. The summed E-state index contributed by atoms with van der Waals surface area (Å²) in [6.45, 7) is 5.73. The van der Waals surface area contributed by atoms with Gasteiger partial charge in [0.05, 0.1) is 6.10 Å². The number of ether oxygens (including phenoxy) is 2. The van der Waals surface area contributed by atoms with Crippen LogP contribution in [0.2, 0.25) is 0 Å². The Labute approximate surface area is 133 Å². The smallest absolute Gasteiger partial charge is 0.347 e. The van der Waals surface area contributed by atoms with E-state index in [9.17, 15) is 4.79 Å². The zero-order valence-corrected chi connectivity index (χ0v) is 13.8. The molecule has 2 aromatic rings. The van der Waals surface area contributed by atoms with E-state index in [1.165, 1.54) is 0 Å². The van der Waals surface area contributed by atoms with Crippen LogP contribution in [0.15, 0.2) is 46.9 Å². The van der Waals surface area contributed by atoms with Crippen LogP contribution >= 0.6 is 15.9 Å². The van der Waals surface area contributed by atoms with E-state index in [1.54, 1.807) is 24.3 Å². The summed E-state index contributed by atoms with van der Waals surface area (Å²) in [7, 11) is 0. The van der Waals surface area contributed by atoms with Crippen LogP contribution < -0.4 is 9.47 Å². The predicted octanol–water partition coefficient (Wildman–Crippen LogP) is 4.76. The second-order valence-electron chi connectivity index (χ2n) is 4.96. The van der Waals surface area contributed by atoms with Crippen molar-refractivity contribution in [1.82, 2.24) is 0 Å². The van der Waals surface area contributed by atoms with Crippen LogP contribution in [0.3, 0.4) is 0 Å². The van der Waals surface area contributed by atoms with E-state index >= 15 is 0 Å². The van der Waals surface area contributed by atoms with Gasteiger partial charge in [-0.1, -0.05) is 28.1 Å². The van der Waals surface area contributed by atoms with E-state index in [1.807, 2.05) is 39.0 Å². The summed E-state index contributed by atoms with van der Waals surface area (Å²) in [5.74, 6) is 0.659. The maximum atomic E-state index is 12.3. The van der Waals surface area contributed by atoms with Crippen molar-refractivity contribution in [1.29, 1.82) is 0 Å². The fourth-order valence-corrected chi connectivity index (χ4v) is 2.35. The fraction of sp³-hybridized carbons (Fsp3) is 0.235. The van der Waals surface area contributed by atoms with Gasteiger partial charge in [-0.3, -0.25) is 0 Å². The molecule has 2 rings (SSSR count). The van der Waals surface area contributed by atoms with Crippen LogP contribution in [-0.2, 0) is 0 Å². The van der Waals surface area contributed by atoms with Gasteiger partial charge >= 0.3 is 5.97 Å². The molecular formula is C17H17BrO3. The van der Waals surface area contributed by atoms with Crippen LogP contribution in [-0.4, -0.2) is 12.1 Å². The lowest BCUT2D eigenvalue weighted by Crippen LogP contribution is -2.14. The van der Waals surface area contributed by atoms with Crippen molar-refractivity contribution in [3.8, 4) is 11.5 Å². The van der Waals surface area contributed by atoms with Gasteiger partial charge < -0.3 is 9.47 Å².